The van der Waals surface area contributed by atoms with Crippen molar-refractivity contribution in [3.05, 3.63) is 23.8 Å². The first kappa shape index (κ1) is 10.9. The van der Waals surface area contributed by atoms with Gasteiger partial charge in [0.05, 0.1) is 24.9 Å². The summed E-state index contributed by atoms with van der Waals surface area (Å²) in [5, 5.41) is 11.9. The Hall–Kier alpha value is -2.13. The molecular weight excluding hydrogens is 188 g/mol. The van der Waals surface area contributed by atoms with Crippen LogP contribution in [-0.2, 0) is 0 Å². The number of anilines is 1. The lowest BCUT2D eigenvalue weighted by atomic mass is 10.2. The molecule has 76 valence electrons. The minimum Gasteiger partial charge on any atom is -0.497 e. The average Bonchev–Trinajstić information content (AvgIpc) is 2.29. The van der Waals surface area contributed by atoms with Crippen LogP contribution in [0.5, 0.6) is 5.75 Å². The Morgan fingerprint density at radius 1 is 1.47 bits per heavy atom. The van der Waals surface area contributed by atoms with Crippen molar-refractivity contribution < 1.29 is 4.74 Å². The Morgan fingerprint density at radius 2 is 2.27 bits per heavy atom. The highest BCUT2D eigenvalue weighted by Crippen LogP contribution is 2.21. The molecule has 0 aliphatic carbocycles. The summed E-state index contributed by atoms with van der Waals surface area (Å²) >= 11 is 0. The number of hydrogen-bond acceptors (Lipinski definition) is 3. The Balaban J connectivity index is 2.90. The van der Waals surface area contributed by atoms with Gasteiger partial charge in [0.25, 0.3) is 0 Å². The summed E-state index contributed by atoms with van der Waals surface area (Å²) in [5.41, 5.74) is 1.34. The molecule has 0 atom stereocenters. The molecule has 0 radical (unpaired) electrons. The Bertz CT molecular complexity index is 435. The van der Waals surface area contributed by atoms with Gasteiger partial charge in [-0.25, -0.2) is 0 Å². The van der Waals surface area contributed by atoms with E-state index in [9.17, 15) is 0 Å². The summed E-state index contributed by atoms with van der Waals surface area (Å²) in [6.07, 6.45) is 0. The van der Waals surface area contributed by atoms with Crippen LogP contribution in [0.15, 0.2) is 18.2 Å². The first-order chi connectivity index (χ1) is 7.31. The van der Waals surface area contributed by atoms with E-state index >= 15 is 0 Å². The van der Waals surface area contributed by atoms with E-state index in [1.165, 1.54) is 0 Å². The molecule has 0 aromatic heterocycles. The third kappa shape index (κ3) is 2.93. The molecule has 0 heterocycles. The van der Waals surface area contributed by atoms with E-state index in [1.807, 2.05) is 0 Å². The lowest BCUT2D eigenvalue weighted by Gasteiger charge is -2.07. The Labute approximate surface area is 89.7 Å². The van der Waals surface area contributed by atoms with Crippen LogP contribution in [0.25, 0.3) is 0 Å². The van der Waals surface area contributed by atoms with Gasteiger partial charge in [-0.15, -0.1) is 5.92 Å². The van der Waals surface area contributed by atoms with Crippen LogP contribution in [0.1, 0.15) is 12.5 Å². The van der Waals surface area contributed by atoms with Gasteiger partial charge < -0.3 is 10.1 Å². The third-order valence-corrected chi connectivity index (χ3v) is 1.89. The molecule has 0 amide bonds. The van der Waals surface area contributed by atoms with Crippen molar-refractivity contribution in [1.29, 1.82) is 5.26 Å². The topological polar surface area (TPSA) is 45.0 Å². The number of nitrogens with zero attached hydrogens (tertiary/aromatic N) is 1. The molecule has 0 aliphatic rings. The van der Waals surface area contributed by atoms with Crippen LogP contribution < -0.4 is 10.1 Å². The first-order valence-corrected chi connectivity index (χ1v) is 4.53. The zero-order chi connectivity index (χ0) is 11.1. The van der Waals surface area contributed by atoms with Crippen molar-refractivity contribution in [2.24, 2.45) is 0 Å². The van der Waals surface area contributed by atoms with Crippen molar-refractivity contribution >= 4 is 5.69 Å². The van der Waals surface area contributed by atoms with Crippen LogP contribution in [0.4, 0.5) is 5.69 Å². The molecule has 1 aromatic rings. The van der Waals surface area contributed by atoms with E-state index in [2.05, 4.69) is 23.2 Å². The summed E-state index contributed by atoms with van der Waals surface area (Å²) in [7, 11) is 1.59. The number of hydrogen-bond donors (Lipinski definition) is 1. The highest BCUT2D eigenvalue weighted by atomic mass is 16.5. The molecule has 1 aromatic carbocycles. The van der Waals surface area contributed by atoms with Crippen LogP contribution >= 0.6 is 0 Å². The first-order valence-electron chi connectivity index (χ1n) is 4.53. The molecule has 0 aliphatic heterocycles. The van der Waals surface area contributed by atoms with Gasteiger partial charge in [0.2, 0.25) is 0 Å². The largest absolute Gasteiger partial charge is 0.497 e. The predicted octanol–water partition coefficient (Wildman–Crippen LogP) is 2.00. The maximum atomic E-state index is 8.87. The maximum absolute atomic E-state index is 8.87. The molecule has 0 saturated carbocycles. The van der Waals surface area contributed by atoms with E-state index in [1.54, 1.807) is 32.2 Å². The Kier molecular flexibility index (Phi) is 4.06. The smallest absolute Gasteiger partial charge is 0.121 e. The van der Waals surface area contributed by atoms with Crippen molar-refractivity contribution in [3.63, 3.8) is 0 Å². The average molecular weight is 200 g/mol. The number of ether oxygens (including phenoxy) is 1. The van der Waals surface area contributed by atoms with E-state index in [0.717, 1.165) is 11.4 Å². The van der Waals surface area contributed by atoms with Gasteiger partial charge in [0.1, 0.15) is 11.8 Å². The van der Waals surface area contributed by atoms with Gasteiger partial charge in [-0.2, -0.15) is 5.26 Å². The van der Waals surface area contributed by atoms with Gasteiger partial charge in [-0.05, 0) is 19.1 Å². The summed E-state index contributed by atoms with van der Waals surface area (Å²) < 4.78 is 5.08. The number of nitriles is 1. The number of rotatable bonds is 3. The summed E-state index contributed by atoms with van der Waals surface area (Å²) in [6, 6.07) is 7.38. The van der Waals surface area contributed by atoms with Crippen LogP contribution in [0.3, 0.4) is 0 Å². The van der Waals surface area contributed by atoms with Gasteiger partial charge in [-0.1, -0.05) is 5.92 Å². The molecule has 0 unspecified atom stereocenters. The second-order valence-corrected chi connectivity index (χ2v) is 2.80. The molecule has 0 saturated heterocycles. The highest BCUT2D eigenvalue weighted by Gasteiger charge is 2.02. The van der Waals surface area contributed by atoms with Gasteiger partial charge in [0.15, 0.2) is 0 Å². The van der Waals surface area contributed by atoms with Crippen LogP contribution in [-0.4, -0.2) is 13.7 Å². The number of benzene rings is 1. The number of methoxy groups -OCH3 is 1. The summed E-state index contributed by atoms with van der Waals surface area (Å²) in [4.78, 5) is 0. The number of nitrogens with one attached hydrogen (secondary N) is 1. The van der Waals surface area contributed by atoms with E-state index in [0.29, 0.717) is 12.1 Å². The summed E-state index contributed by atoms with van der Waals surface area (Å²) in [5.74, 6) is 6.37. The molecule has 0 bridgehead atoms. The standard InChI is InChI=1S/C12H12N2O/c1-3-4-7-14-12-8-11(15-2)6-5-10(12)9-13/h5-6,8,14H,7H2,1-2H3. The second kappa shape index (κ2) is 5.57. The molecule has 3 heteroatoms. The fourth-order valence-corrected chi connectivity index (χ4v) is 1.12. The van der Waals surface area contributed by atoms with Gasteiger partial charge >= 0.3 is 0 Å². The quantitative estimate of drug-likeness (QED) is 0.759. The van der Waals surface area contributed by atoms with Crippen molar-refractivity contribution in [2.75, 3.05) is 19.0 Å². The fraction of sp³-hybridized carbons (Fsp3) is 0.250. The van der Waals surface area contributed by atoms with Crippen LogP contribution in [0.2, 0.25) is 0 Å². The lowest BCUT2D eigenvalue weighted by molar-refractivity contribution is 0.415. The predicted molar refractivity (Wildman–Crippen MR) is 59.6 cm³/mol. The molecule has 1 N–H and O–H groups in total. The van der Waals surface area contributed by atoms with E-state index < -0.39 is 0 Å². The van der Waals surface area contributed by atoms with Crippen molar-refractivity contribution in [1.82, 2.24) is 0 Å². The van der Waals surface area contributed by atoms with E-state index in [4.69, 9.17) is 10.00 Å². The monoisotopic (exact) mass is 200 g/mol. The normalized spacial score (nSPS) is 8.33. The fourth-order valence-electron chi connectivity index (χ4n) is 1.12. The molecule has 0 spiro atoms. The third-order valence-electron chi connectivity index (χ3n) is 1.89. The molecule has 15 heavy (non-hydrogen) atoms. The van der Waals surface area contributed by atoms with Crippen molar-refractivity contribution in [3.8, 4) is 23.7 Å². The molecular formula is C12H12N2O. The minimum absolute atomic E-state index is 0.526. The molecule has 3 nitrogen and oxygen atoms in total. The Morgan fingerprint density at radius 3 is 2.87 bits per heavy atom. The van der Waals surface area contributed by atoms with Crippen LogP contribution in [0, 0.1) is 23.2 Å². The highest BCUT2D eigenvalue weighted by molar-refractivity contribution is 5.60. The minimum atomic E-state index is 0.526. The zero-order valence-electron chi connectivity index (χ0n) is 8.79. The molecule has 1 rings (SSSR count). The van der Waals surface area contributed by atoms with Crippen molar-refractivity contribution in [2.45, 2.75) is 6.92 Å². The van der Waals surface area contributed by atoms with Gasteiger partial charge in [-0.3, -0.25) is 0 Å². The van der Waals surface area contributed by atoms with E-state index in [-0.39, 0.29) is 0 Å². The zero-order valence-corrected chi connectivity index (χ0v) is 8.79. The SMILES string of the molecule is CC#CCNc1cc(OC)ccc1C#N. The lowest BCUT2D eigenvalue weighted by Crippen LogP contribution is -2.01. The summed E-state index contributed by atoms with van der Waals surface area (Å²) in [6.45, 7) is 2.30. The van der Waals surface area contributed by atoms with Gasteiger partial charge in [0, 0.05) is 6.07 Å². The maximum Gasteiger partial charge on any atom is 0.121 e. The second-order valence-electron chi connectivity index (χ2n) is 2.80. The molecule has 0 fully saturated rings.